The summed E-state index contributed by atoms with van der Waals surface area (Å²) in [5.74, 6) is 1.42. The molecule has 3 heterocycles. The van der Waals surface area contributed by atoms with Gasteiger partial charge in [0, 0.05) is 49.2 Å². The first-order valence-corrected chi connectivity index (χ1v) is 11.7. The molecule has 7 heteroatoms. The van der Waals surface area contributed by atoms with E-state index in [0.29, 0.717) is 5.88 Å². The van der Waals surface area contributed by atoms with Crippen molar-refractivity contribution in [2.75, 3.05) is 24.5 Å². The van der Waals surface area contributed by atoms with Crippen molar-refractivity contribution in [1.29, 1.82) is 0 Å². The molecular formula is C26H27ClN6. The van der Waals surface area contributed by atoms with Crippen molar-refractivity contribution in [3.63, 3.8) is 0 Å². The minimum absolute atomic E-state index is 0.124. The Labute approximate surface area is 199 Å². The topological polar surface area (TPSA) is 60.9 Å². The van der Waals surface area contributed by atoms with E-state index in [2.05, 4.69) is 91.5 Å². The number of aromatic nitrogens is 4. The molecule has 2 aromatic carbocycles. The van der Waals surface area contributed by atoms with Crippen molar-refractivity contribution in [1.82, 2.24) is 25.1 Å². The fourth-order valence-electron chi connectivity index (χ4n) is 4.72. The van der Waals surface area contributed by atoms with Crippen LogP contribution in [0.15, 0.2) is 79.4 Å². The van der Waals surface area contributed by atoms with Gasteiger partial charge < -0.3 is 4.90 Å². The molecule has 1 saturated heterocycles. The maximum absolute atomic E-state index is 6.05. The molecule has 168 valence electrons. The number of H-pyrrole nitrogens is 1. The minimum Gasteiger partial charge on any atom is -0.346 e. The van der Waals surface area contributed by atoms with E-state index < -0.39 is 0 Å². The fourth-order valence-corrected chi connectivity index (χ4v) is 4.90. The van der Waals surface area contributed by atoms with Crippen LogP contribution >= 0.6 is 11.6 Å². The summed E-state index contributed by atoms with van der Waals surface area (Å²) < 4.78 is 0. The van der Waals surface area contributed by atoms with Crippen molar-refractivity contribution < 1.29 is 0 Å². The molecule has 1 aliphatic rings. The lowest BCUT2D eigenvalue weighted by Crippen LogP contribution is -2.50. The van der Waals surface area contributed by atoms with Crippen LogP contribution in [0.3, 0.4) is 0 Å². The molecule has 2 aromatic heterocycles. The van der Waals surface area contributed by atoms with Crippen LogP contribution in [-0.2, 0) is 5.88 Å². The van der Waals surface area contributed by atoms with Gasteiger partial charge >= 0.3 is 0 Å². The number of hydrogen-bond acceptors (Lipinski definition) is 5. The molecule has 1 fully saturated rings. The third-order valence-corrected chi connectivity index (χ3v) is 6.73. The van der Waals surface area contributed by atoms with Gasteiger partial charge in [0.25, 0.3) is 0 Å². The number of halogens is 1. The second kappa shape index (κ2) is 9.73. The molecule has 0 saturated carbocycles. The molecule has 2 unspecified atom stereocenters. The van der Waals surface area contributed by atoms with Crippen LogP contribution in [0.4, 0.5) is 5.82 Å². The number of nitrogens with one attached hydrogen (secondary N) is 1. The summed E-state index contributed by atoms with van der Waals surface area (Å²) in [4.78, 5) is 13.9. The van der Waals surface area contributed by atoms with E-state index in [-0.39, 0.29) is 12.1 Å². The van der Waals surface area contributed by atoms with E-state index >= 15 is 0 Å². The second-order valence-corrected chi connectivity index (χ2v) is 8.67. The quantitative estimate of drug-likeness (QED) is 0.416. The maximum atomic E-state index is 6.05. The summed E-state index contributed by atoms with van der Waals surface area (Å²) in [6, 6.07) is 19.6. The van der Waals surface area contributed by atoms with E-state index in [9.17, 15) is 0 Å². The second-order valence-electron chi connectivity index (χ2n) is 8.41. The molecule has 4 aromatic rings. The third-order valence-electron chi connectivity index (χ3n) is 6.42. The van der Waals surface area contributed by atoms with Gasteiger partial charge in [-0.05, 0) is 23.6 Å². The molecular weight excluding hydrogens is 432 g/mol. The van der Waals surface area contributed by atoms with Crippen LogP contribution in [0, 0.1) is 6.92 Å². The predicted molar refractivity (Wildman–Crippen MR) is 131 cm³/mol. The zero-order valence-corrected chi connectivity index (χ0v) is 19.4. The molecule has 1 aliphatic heterocycles. The Hall–Kier alpha value is -3.22. The van der Waals surface area contributed by atoms with Crippen molar-refractivity contribution in [2.45, 2.75) is 24.9 Å². The molecule has 1 N–H and O–H groups in total. The molecule has 2 atom stereocenters. The van der Waals surface area contributed by atoms with E-state index in [1.54, 1.807) is 12.4 Å². The van der Waals surface area contributed by atoms with Gasteiger partial charge in [0.1, 0.15) is 5.82 Å². The fraction of sp³-hybridized carbons (Fsp3) is 0.269. The first-order chi connectivity index (χ1) is 16.2. The molecule has 0 amide bonds. The highest BCUT2D eigenvalue weighted by atomic mass is 35.5. The maximum Gasteiger partial charge on any atom is 0.147 e. The monoisotopic (exact) mass is 458 g/mol. The highest BCUT2D eigenvalue weighted by molar-refractivity contribution is 6.17. The molecule has 33 heavy (non-hydrogen) atoms. The summed E-state index contributed by atoms with van der Waals surface area (Å²) in [6.45, 7) is 4.69. The molecule has 0 aliphatic carbocycles. The highest BCUT2D eigenvalue weighted by Crippen LogP contribution is 2.36. The van der Waals surface area contributed by atoms with Crippen molar-refractivity contribution in [3.8, 4) is 0 Å². The van der Waals surface area contributed by atoms with Gasteiger partial charge in [-0.1, -0.05) is 54.6 Å². The van der Waals surface area contributed by atoms with Gasteiger partial charge in [0.15, 0.2) is 0 Å². The average Bonchev–Trinajstić information content (AvgIpc) is 3.30. The van der Waals surface area contributed by atoms with E-state index in [0.717, 1.165) is 36.7 Å². The number of benzene rings is 2. The van der Waals surface area contributed by atoms with Crippen molar-refractivity contribution in [3.05, 3.63) is 107 Å². The zero-order chi connectivity index (χ0) is 22.6. The summed E-state index contributed by atoms with van der Waals surface area (Å²) >= 11 is 6.05. The number of nitrogens with zero attached hydrogens (tertiary/aromatic N) is 5. The summed E-state index contributed by atoms with van der Waals surface area (Å²) in [7, 11) is 0. The summed E-state index contributed by atoms with van der Waals surface area (Å²) in [5.41, 5.74) is 5.95. The lowest BCUT2D eigenvalue weighted by Gasteiger charge is -2.45. The van der Waals surface area contributed by atoms with Crippen LogP contribution in [0.2, 0.25) is 0 Å². The Morgan fingerprint density at radius 1 is 1.03 bits per heavy atom. The number of piperazine rings is 1. The van der Waals surface area contributed by atoms with Gasteiger partial charge in [-0.15, -0.1) is 11.6 Å². The smallest absolute Gasteiger partial charge is 0.147 e. The number of aromatic amines is 1. The van der Waals surface area contributed by atoms with Gasteiger partial charge in [0.05, 0.1) is 24.5 Å². The van der Waals surface area contributed by atoms with Gasteiger partial charge in [-0.25, -0.2) is 4.98 Å². The predicted octanol–water partition coefficient (Wildman–Crippen LogP) is 4.90. The minimum atomic E-state index is 0.124. The van der Waals surface area contributed by atoms with E-state index in [4.69, 9.17) is 11.6 Å². The molecule has 0 spiro atoms. The van der Waals surface area contributed by atoms with E-state index in [1.807, 2.05) is 12.4 Å². The van der Waals surface area contributed by atoms with Crippen LogP contribution in [0.25, 0.3) is 0 Å². The standard InChI is InChI=1S/C26H27ClN6/c1-19-23(16-30-31-19)26(22-5-3-2-4-6-22)32-13-14-33(25-17-28-11-12-29-25)24(18-32)21-9-7-20(15-27)8-10-21/h2-12,16-17,24,26H,13-15,18H2,1H3,(H,30,31). The Kier molecular flexibility index (Phi) is 6.37. The lowest BCUT2D eigenvalue weighted by atomic mass is 9.94. The largest absolute Gasteiger partial charge is 0.346 e. The third kappa shape index (κ3) is 4.49. The van der Waals surface area contributed by atoms with Crippen molar-refractivity contribution >= 4 is 17.4 Å². The summed E-state index contributed by atoms with van der Waals surface area (Å²) in [6.07, 6.45) is 7.30. The number of hydrogen-bond donors (Lipinski definition) is 1. The number of alkyl halides is 1. The van der Waals surface area contributed by atoms with Crippen molar-refractivity contribution in [2.24, 2.45) is 0 Å². The Balaban J connectivity index is 1.53. The first kappa shape index (κ1) is 21.6. The number of anilines is 1. The SMILES string of the molecule is Cc1[nH]ncc1C(c1ccccc1)N1CCN(c2cnccn2)C(c2ccc(CCl)cc2)C1. The summed E-state index contributed by atoms with van der Waals surface area (Å²) in [5, 5.41) is 7.46. The number of rotatable bonds is 6. The van der Waals surface area contributed by atoms with Gasteiger partial charge in [0.2, 0.25) is 0 Å². The number of aryl methyl sites for hydroxylation is 1. The van der Waals surface area contributed by atoms with Gasteiger partial charge in [-0.2, -0.15) is 5.10 Å². The highest BCUT2D eigenvalue weighted by Gasteiger charge is 2.34. The Morgan fingerprint density at radius 2 is 1.85 bits per heavy atom. The van der Waals surface area contributed by atoms with E-state index in [1.165, 1.54) is 16.7 Å². The van der Waals surface area contributed by atoms with Crippen LogP contribution in [0.1, 0.15) is 40.0 Å². The van der Waals surface area contributed by atoms with Gasteiger partial charge in [-0.3, -0.25) is 15.0 Å². The lowest BCUT2D eigenvalue weighted by molar-refractivity contribution is 0.182. The average molecular weight is 459 g/mol. The van der Waals surface area contributed by atoms with Crippen LogP contribution < -0.4 is 4.90 Å². The molecule has 5 rings (SSSR count). The Morgan fingerprint density at radius 3 is 2.52 bits per heavy atom. The molecule has 6 nitrogen and oxygen atoms in total. The van der Waals surface area contributed by atoms with Crippen LogP contribution in [-0.4, -0.2) is 44.7 Å². The molecule has 0 radical (unpaired) electrons. The van der Waals surface area contributed by atoms with Crippen LogP contribution in [0.5, 0.6) is 0 Å². The normalized spacial score (nSPS) is 17.8. The molecule has 0 bridgehead atoms. The Bertz CT molecular complexity index is 1160. The zero-order valence-electron chi connectivity index (χ0n) is 18.6. The first-order valence-electron chi connectivity index (χ1n) is 11.2.